The number of anilines is 1. The highest BCUT2D eigenvalue weighted by Gasteiger charge is 2.35. The Morgan fingerprint density at radius 2 is 2.00 bits per heavy atom. The molecule has 1 aromatic carbocycles. The lowest BCUT2D eigenvalue weighted by Gasteiger charge is -2.12. The van der Waals surface area contributed by atoms with E-state index < -0.39 is 21.5 Å². The highest BCUT2D eigenvalue weighted by Crippen LogP contribution is 2.48. The molecule has 8 heteroatoms. The number of hydrogen-bond acceptors (Lipinski definition) is 5. The summed E-state index contributed by atoms with van der Waals surface area (Å²) in [5.41, 5.74) is 0.443. The lowest BCUT2D eigenvalue weighted by molar-refractivity contribution is 0.409. The summed E-state index contributed by atoms with van der Waals surface area (Å²) < 4.78 is 30.1. The van der Waals surface area contributed by atoms with E-state index in [1.165, 1.54) is 0 Å². The Morgan fingerprint density at radius 1 is 1.24 bits per heavy atom. The third kappa shape index (κ3) is 2.32. The van der Waals surface area contributed by atoms with Gasteiger partial charge >= 0.3 is 0 Å². The molecule has 3 rings (SSSR count). The van der Waals surface area contributed by atoms with Crippen molar-refractivity contribution in [2.45, 2.75) is 6.42 Å². The van der Waals surface area contributed by atoms with E-state index in [-0.39, 0.29) is 23.9 Å². The molecule has 112 valence electrons. The van der Waals surface area contributed by atoms with Crippen molar-refractivity contribution in [2.24, 2.45) is 0 Å². The van der Waals surface area contributed by atoms with Crippen molar-refractivity contribution >= 4 is 27.5 Å². The van der Waals surface area contributed by atoms with Crippen molar-refractivity contribution in [2.75, 3.05) is 16.6 Å². The molecule has 0 spiro atoms. The van der Waals surface area contributed by atoms with E-state index in [9.17, 15) is 18.6 Å². The van der Waals surface area contributed by atoms with Crippen LogP contribution in [0.5, 0.6) is 11.5 Å². The number of rotatable bonds is 2. The van der Waals surface area contributed by atoms with Gasteiger partial charge in [0.15, 0.2) is 5.76 Å². The number of furan rings is 1. The van der Waals surface area contributed by atoms with Crippen LogP contribution in [-0.4, -0.2) is 30.9 Å². The lowest BCUT2D eigenvalue weighted by atomic mass is 10.1. The number of halogens is 1. The second-order valence-electron chi connectivity index (χ2n) is 4.69. The minimum Gasteiger partial charge on any atom is -0.502 e. The summed E-state index contributed by atoms with van der Waals surface area (Å²) >= 11 is 5.87. The van der Waals surface area contributed by atoms with Crippen LogP contribution in [0.15, 0.2) is 28.7 Å². The Labute approximate surface area is 126 Å². The van der Waals surface area contributed by atoms with Crippen molar-refractivity contribution in [3.05, 3.63) is 29.3 Å². The third-order valence-corrected chi connectivity index (χ3v) is 5.31. The predicted molar refractivity (Wildman–Crippen MR) is 78.2 cm³/mol. The van der Waals surface area contributed by atoms with Crippen LogP contribution in [0.25, 0.3) is 11.3 Å². The highest BCUT2D eigenvalue weighted by molar-refractivity contribution is 7.93. The topological polar surface area (TPSA) is 91.0 Å². The van der Waals surface area contributed by atoms with Gasteiger partial charge in [0.2, 0.25) is 21.5 Å². The molecule has 0 saturated carbocycles. The molecule has 0 atom stereocenters. The molecule has 1 fully saturated rings. The monoisotopic (exact) mass is 329 g/mol. The number of benzene rings is 1. The summed E-state index contributed by atoms with van der Waals surface area (Å²) in [6.07, 6.45) is 0.440. The van der Waals surface area contributed by atoms with Crippen molar-refractivity contribution in [3.8, 4) is 22.8 Å². The maximum Gasteiger partial charge on any atom is 0.256 e. The van der Waals surface area contributed by atoms with E-state index in [0.717, 1.165) is 4.31 Å². The Balaban J connectivity index is 2.12. The summed E-state index contributed by atoms with van der Waals surface area (Å²) in [5.74, 6) is -1.39. The molecular formula is C13H12ClNO5S. The molecule has 1 saturated heterocycles. The van der Waals surface area contributed by atoms with Crippen LogP contribution in [0.4, 0.5) is 5.88 Å². The summed E-state index contributed by atoms with van der Waals surface area (Å²) in [5, 5.41) is 20.4. The molecule has 2 N–H and O–H groups in total. The molecule has 0 amide bonds. The van der Waals surface area contributed by atoms with Crippen LogP contribution in [0, 0.1) is 0 Å². The molecule has 0 bridgehead atoms. The maximum atomic E-state index is 11.9. The first kappa shape index (κ1) is 14.1. The van der Waals surface area contributed by atoms with Gasteiger partial charge in [-0.2, -0.15) is 0 Å². The second-order valence-corrected chi connectivity index (χ2v) is 7.13. The van der Waals surface area contributed by atoms with Gasteiger partial charge in [0, 0.05) is 17.1 Å². The average Bonchev–Trinajstić information content (AvgIpc) is 2.91. The van der Waals surface area contributed by atoms with E-state index >= 15 is 0 Å². The Morgan fingerprint density at radius 3 is 2.62 bits per heavy atom. The molecule has 6 nitrogen and oxygen atoms in total. The van der Waals surface area contributed by atoms with Gasteiger partial charge in [-0.3, -0.25) is 0 Å². The van der Waals surface area contributed by atoms with Crippen LogP contribution < -0.4 is 4.31 Å². The van der Waals surface area contributed by atoms with Gasteiger partial charge in [0.1, 0.15) is 0 Å². The Bertz CT molecular complexity index is 799. The second kappa shape index (κ2) is 4.85. The molecule has 0 unspecified atom stereocenters. The van der Waals surface area contributed by atoms with Gasteiger partial charge < -0.3 is 14.6 Å². The fourth-order valence-electron chi connectivity index (χ4n) is 2.26. The number of sulfonamides is 1. The zero-order chi connectivity index (χ0) is 15.2. The molecular weight excluding hydrogens is 318 g/mol. The van der Waals surface area contributed by atoms with Crippen LogP contribution in [0.1, 0.15) is 6.42 Å². The first-order valence-electron chi connectivity index (χ1n) is 6.21. The molecule has 1 aliphatic rings. The van der Waals surface area contributed by atoms with E-state index in [0.29, 0.717) is 17.0 Å². The van der Waals surface area contributed by atoms with Crippen molar-refractivity contribution in [1.29, 1.82) is 0 Å². The van der Waals surface area contributed by atoms with Crippen LogP contribution in [-0.2, 0) is 10.0 Å². The molecule has 1 aromatic heterocycles. The van der Waals surface area contributed by atoms with Gasteiger partial charge in [0.05, 0.1) is 5.75 Å². The predicted octanol–water partition coefficient (Wildman–Crippen LogP) is 2.55. The van der Waals surface area contributed by atoms with Gasteiger partial charge in [-0.25, -0.2) is 12.7 Å². The minimum atomic E-state index is -3.51. The molecule has 1 aliphatic heterocycles. The summed E-state index contributed by atoms with van der Waals surface area (Å²) in [7, 11) is -3.51. The quantitative estimate of drug-likeness (QED) is 0.883. The summed E-state index contributed by atoms with van der Waals surface area (Å²) in [4.78, 5) is 0. The Kier molecular flexibility index (Phi) is 3.26. The van der Waals surface area contributed by atoms with Crippen LogP contribution in [0.2, 0.25) is 5.02 Å². The first-order chi connectivity index (χ1) is 9.90. The van der Waals surface area contributed by atoms with E-state index in [1.807, 2.05) is 0 Å². The van der Waals surface area contributed by atoms with Gasteiger partial charge in [0.25, 0.3) is 5.88 Å². The van der Waals surface area contributed by atoms with Crippen LogP contribution >= 0.6 is 11.6 Å². The smallest absolute Gasteiger partial charge is 0.256 e. The Hall–Kier alpha value is -1.86. The zero-order valence-corrected chi connectivity index (χ0v) is 12.4. The van der Waals surface area contributed by atoms with Crippen molar-refractivity contribution < 1.29 is 23.0 Å². The van der Waals surface area contributed by atoms with E-state index in [1.54, 1.807) is 24.3 Å². The average molecular weight is 330 g/mol. The number of nitrogens with zero attached hydrogens (tertiary/aromatic N) is 1. The first-order valence-corrected chi connectivity index (χ1v) is 8.20. The maximum absolute atomic E-state index is 11.9. The minimum absolute atomic E-state index is 0.0135. The van der Waals surface area contributed by atoms with Gasteiger partial charge in [-0.1, -0.05) is 23.7 Å². The number of aromatic hydroxyl groups is 2. The summed E-state index contributed by atoms with van der Waals surface area (Å²) in [6, 6.07) is 6.48. The van der Waals surface area contributed by atoms with Crippen LogP contribution in [0.3, 0.4) is 0 Å². The van der Waals surface area contributed by atoms with Gasteiger partial charge in [-0.05, 0) is 18.6 Å². The fraction of sp³-hybridized carbons (Fsp3) is 0.231. The molecule has 21 heavy (non-hydrogen) atoms. The fourth-order valence-corrected chi connectivity index (χ4v) is 3.95. The van der Waals surface area contributed by atoms with Crippen molar-refractivity contribution in [3.63, 3.8) is 0 Å². The normalized spacial score (nSPS) is 17.3. The highest BCUT2D eigenvalue weighted by atomic mass is 35.5. The number of hydrogen-bond donors (Lipinski definition) is 2. The van der Waals surface area contributed by atoms with Crippen molar-refractivity contribution in [1.82, 2.24) is 0 Å². The van der Waals surface area contributed by atoms with E-state index in [2.05, 4.69) is 0 Å². The molecule has 2 heterocycles. The molecule has 0 aliphatic carbocycles. The SMILES string of the molecule is O=S1(=O)CCCN1c1oc(-c2cccc(Cl)c2)c(O)c1O. The zero-order valence-electron chi connectivity index (χ0n) is 10.8. The largest absolute Gasteiger partial charge is 0.502 e. The lowest BCUT2D eigenvalue weighted by Crippen LogP contribution is -2.24. The summed E-state index contributed by atoms with van der Waals surface area (Å²) in [6.45, 7) is 0.206. The standard InChI is InChI=1S/C13H12ClNO5S/c14-9-4-1-3-8(7-9)12-10(16)11(17)13(20-12)15-5-2-6-21(15,18)19/h1,3-4,7,16-17H,2,5-6H2. The molecule has 2 aromatic rings. The third-order valence-electron chi connectivity index (χ3n) is 3.25. The van der Waals surface area contributed by atoms with Gasteiger partial charge in [-0.15, -0.1) is 0 Å². The molecule has 0 radical (unpaired) electrons. The van der Waals surface area contributed by atoms with E-state index in [4.69, 9.17) is 16.0 Å².